The fourth-order valence-corrected chi connectivity index (χ4v) is 1.74. The van der Waals surface area contributed by atoms with E-state index in [2.05, 4.69) is 10.2 Å². The van der Waals surface area contributed by atoms with Crippen molar-refractivity contribution in [1.29, 1.82) is 0 Å². The molecule has 0 unspecified atom stereocenters. The van der Waals surface area contributed by atoms with Crippen molar-refractivity contribution in [2.24, 2.45) is 5.73 Å². The number of nitrogens with one attached hydrogen (secondary N) is 1. The number of alkyl halides is 3. The van der Waals surface area contributed by atoms with E-state index in [0.717, 1.165) is 6.07 Å². The summed E-state index contributed by atoms with van der Waals surface area (Å²) in [6, 6.07) is 5.26. The summed E-state index contributed by atoms with van der Waals surface area (Å²) in [6.45, 7) is 0.243. The number of halogens is 4. The number of rotatable bonds is 2. The molecule has 0 aliphatic rings. The Morgan fingerprint density at radius 3 is 2.56 bits per heavy atom. The van der Waals surface area contributed by atoms with Gasteiger partial charge in [0.15, 0.2) is 0 Å². The van der Waals surface area contributed by atoms with Crippen LogP contribution in [0.25, 0.3) is 11.3 Å². The second-order valence-corrected chi connectivity index (χ2v) is 4.08. The van der Waals surface area contributed by atoms with Gasteiger partial charge >= 0.3 is 6.18 Å². The summed E-state index contributed by atoms with van der Waals surface area (Å²) >= 11 is 5.53. The summed E-state index contributed by atoms with van der Waals surface area (Å²) in [6.07, 6.45) is -4.49. The maximum Gasteiger partial charge on any atom is 0.417 e. The van der Waals surface area contributed by atoms with E-state index >= 15 is 0 Å². The van der Waals surface area contributed by atoms with Crippen molar-refractivity contribution in [3.8, 4) is 11.3 Å². The van der Waals surface area contributed by atoms with Crippen molar-refractivity contribution in [3.63, 3.8) is 0 Å². The number of nitrogens with zero attached hydrogens (tertiary/aromatic N) is 1. The average Bonchev–Trinajstić information content (AvgIpc) is 2.76. The Hall–Kier alpha value is -1.53. The highest BCUT2D eigenvalue weighted by atomic mass is 35.5. The summed E-state index contributed by atoms with van der Waals surface area (Å²) in [5.74, 6) is 0. The van der Waals surface area contributed by atoms with Gasteiger partial charge in [0.1, 0.15) is 0 Å². The van der Waals surface area contributed by atoms with Crippen LogP contribution in [0.4, 0.5) is 13.2 Å². The van der Waals surface area contributed by atoms with E-state index in [4.69, 9.17) is 17.3 Å². The number of aromatic nitrogens is 2. The van der Waals surface area contributed by atoms with E-state index in [9.17, 15) is 13.2 Å². The highest BCUT2D eigenvalue weighted by Gasteiger charge is 2.33. The smallest absolute Gasteiger partial charge is 0.325 e. The quantitative estimate of drug-likeness (QED) is 0.884. The molecule has 1 aromatic heterocycles. The molecular formula is C11H9ClF3N3. The third-order valence-electron chi connectivity index (χ3n) is 2.42. The number of H-pyrrole nitrogens is 1. The molecule has 1 aromatic carbocycles. The van der Waals surface area contributed by atoms with Gasteiger partial charge in [0, 0.05) is 17.8 Å². The third-order valence-corrected chi connectivity index (χ3v) is 2.75. The van der Waals surface area contributed by atoms with Gasteiger partial charge in [0.05, 0.1) is 16.3 Å². The van der Waals surface area contributed by atoms with Crippen LogP contribution in [0.1, 0.15) is 11.3 Å². The average molecular weight is 276 g/mol. The number of nitrogens with two attached hydrogens (primary N) is 1. The number of hydrogen-bond acceptors (Lipinski definition) is 2. The lowest BCUT2D eigenvalue weighted by Crippen LogP contribution is -2.05. The maximum atomic E-state index is 12.7. The second-order valence-electron chi connectivity index (χ2n) is 3.67. The molecule has 0 spiro atoms. The molecule has 0 saturated carbocycles. The normalized spacial score (nSPS) is 11.8. The molecule has 96 valence electrons. The Morgan fingerprint density at radius 2 is 2.00 bits per heavy atom. The molecule has 7 heteroatoms. The van der Waals surface area contributed by atoms with Gasteiger partial charge in [0.2, 0.25) is 0 Å². The Morgan fingerprint density at radius 1 is 1.28 bits per heavy atom. The molecule has 0 aliphatic heterocycles. The van der Waals surface area contributed by atoms with Gasteiger partial charge in [0.25, 0.3) is 0 Å². The molecule has 3 N–H and O–H groups in total. The van der Waals surface area contributed by atoms with Gasteiger partial charge in [-0.3, -0.25) is 5.10 Å². The zero-order valence-corrected chi connectivity index (χ0v) is 9.81. The largest absolute Gasteiger partial charge is 0.417 e. The first-order valence-corrected chi connectivity index (χ1v) is 5.41. The molecule has 18 heavy (non-hydrogen) atoms. The SMILES string of the molecule is NCc1cc(-c2ccc(Cl)c(C(F)(F)F)c2)n[nH]1. The Labute approximate surface area is 106 Å². The van der Waals surface area contributed by atoms with E-state index in [0.29, 0.717) is 17.0 Å². The van der Waals surface area contributed by atoms with Crippen LogP contribution in [0.3, 0.4) is 0 Å². The fraction of sp³-hybridized carbons (Fsp3) is 0.182. The van der Waals surface area contributed by atoms with Crippen molar-refractivity contribution < 1.29 is 13.2 Å². The van der Waals surface area contributed by atoms with E-state index < -0.39 is 11.7 Å². The molecule has 0 fully saturated rings. The van der Waals surface area contributed by atoms with Gasteiger partial charge in [-0.15, -0.1) is 0 Å². The van der Waals surface area contributed by atoms with Crippen molar-refractivity contribution in [1.82, 2.24) is 10.2 Å². The van der Waals surface area contributed by atoms with Crippen LogP contribution in [0.5, 0.6) is 0 Å². The van der Waals surface area contributed by atoms with E-state index in [-0.39, 0.29) is 11.6 Å². The van der Waals surface area contributed by atoms with Gasteiger partial charge < -0.3 is 5.73 Å². The lowest BCUT2D eigenvalue weighted by Gasteiger charge is -2.09. The van der Waals surface area contributed by atoms with Crippen LogP contribution in [0, 0.1) is 0 Å². The van der Waals surface area contributed by atoms with Gasteiger partial charge in [-0.25, -0.2) is 0 Å². The van der Waals surface area contributed by atoms with Crippen LogP contribution in [-0.2, 0) is 12.7 Å². The molecular weight excluding hydrogens is 267 g/mol. The topological polar surface area (TPSA) is 54.7 Å². The third kappa shape index (κ3) is 2.49. The highest BCUT2D eigenvalue weighted by Crippen LogP contribution is 2.36. The lowest BCUT2D eigenvalue weighted by atomic mass is 10.1. The maximum absolute atomic E-state index is 12.7. The first kappa shape index (κ1) is 12.9. The van der Waals surface area contributed by atoms with Gasteiger partial charge in [-0.05, 0) is 18.2 Å². The highest BCUT2D eigenvalue weighted by molar-refractivity contribution is 6.31. The first-order chi connectivity index (χ1) is 8.41. The van der Waals surface area contributed by atoms with Gasteiger partial charge in [-0.1, -0.05) is 17.7 Å². The summed E-state index contributed by atoms with van der Waals surface area (Å²) in [5, 5.41) is 6.20. The summed E-state index contributed by atoms with van der Waals surface area (Å²) in [7, 11) is 0. The van der Waals surface area contributed by atoms with Crippen molar-refractivity contribution in [2.75, 3.05) is 0 Å². The first-order valence-electron chi connectivity index (χ1n) is 5.03. The Balaban J connectivity index is 2.47. The zero-order chi connectivity index (χ0) is 13.3. The standard InChI is InChI=1S/C11H9ClF3N3/c12-9-2-1-6(3-8(9)11(13,14)15)10-4-7(5-16)17-18-10/h1-4H,5,16H2,(H,17,18). The predicted molar refractivity (Wildman–Crippen MR) is 61.9 cm³/mol. The minimum Gasteiger partial charge on any atom is -0.325 e. The fourth-order valence-electron chi connectivity index (χ4n) is 1.52. The molecule has 0 atom stereocenters. The summed E-state index contributed by atoms with van der Waals surface area (Å²) in [4.78, 5) is 0. The van der Waals surface area contributed by atoms with Crippen LogP contribution in [0.2, 0.25) is 5.02 Å². The van der Waals surface area contributed by atoms with E-state index in [1.165, 1.54) is 12.1 Å². The molecule has 0 saturated heterocycles. The van der Waals surface area contributed by atoms with Crippen molar-refractivity contribution in [2.45, 2.75) is 12.7 Å². The monoisotopic (exact) mass is 275 g/mol. The molecule has 2 rings (SSSR count). The molecule has 0 amide bonds. The molecule has 0 radical (unpaired) electrons. The Bertz CT molecular complexity index is 563. The Kier molecular flexibility index (Phi) is 3.32. The molecule has 3 nitrogen and oxygen atoms in total. The number of hydrogen-bond donors (Lipinski definition) is 2. The van der Waals surface area contributed by atoms with Crippen molar-refractivity contribution in [3.05, 3.63) is 40.5 Å². The van der Waals surface area contributed by atoms with E-state index in [1.807, 2.05) is 0 Å². The van der Waals surface area contributed by atoms with Crippen LogP contribution < -0.4 is 5.73 Å². The van der Waals surface area contributed by atoms with E-state index in [1.54, 1.807) is 6.07 Å². The van der Waals surface area contributed by atoms with Crippen molar-refractivity contribution >= 4 is 11.6 Å². The minimum absolute atomic E-state index is 0.243. The summed E-state index contributed by atoms with van der Waals surface area (Å²) < 4.78 is 38.0. The number of aromatic amines is 1. The van der Waals surface area contributed by atoms with Crippen LogP contribution in [-0.4, -0.2) is 10.2 Å². The van der Waals surface area contributed by atoms with Crippen LogP contribution in [0.15, 0.2) is 24.3 Å². The molecule has 2 aromatic rings. The predicted octanol–water partition coefficient (Wildman–Crippen LogP) is 3.21. The molecule has 1 heterocycles. The van der Waals surface area contributed by atoms with Gasteiger partial charge in [-0.2, -0.15) is 18.3 Å². The zero-order valence-electron chi connectivity index (χ0n) is 9.05. The molecule has 0 aliphatic carbocycles. The lowest BCUT2D eigenvalue weighted by molar-refractivity contribution is -0.137. The molecule has 0 bridgehead atoms. The minimum atomic E-state index is -4.49. The summed E-state index contributed by atoms with van der Waals surface area (Å²) in [5.41, 5.74) is 5.90. The van der Waals surface area contributed by atoms with Crippen LogP contribution >= 0.6 is 11.6 Å². The second kappa shape index (κ2) is 4.62. The number of benzene rings is 1.